The highest BCUT2D eigenvalue weighted by molar-refractivity contribution is 5.94. The topological polar surface area (TPSA) is 65.1 Å². The van der Waals surface area contributed by atoms with Crippen molar-refractivity contribution in [1.82, 2.24) is 4.90 Å². The maximum atomic E-state index is 12.6. The first-order valence-electron chi connectivity index (χ1n) is 8.70. The number of hydrogen-bond donors (Lipinski definition) is 0. The Labute approximate surface area is 149 Å². The molecule has 0 aromatic heterocycles. The Morgan fingerprint density at radius 2 is 2.00 bits per heavy atom. The van der Waals surface area contributed by atoms with Crippen molar-refractivity contribution in [1.29, 1.82) is 0 Å². The van der Waals surface area contributed by atoms with Crippen molar-refractivity contribution in [2.75, 3.05) is 33.4 Å². The number of nitrogens with zero attached hydrogens (tertiary/aromatic N) is 1. The summed E-state index contributed by atoms with van der Waals surface area (Å²) in [6, 6.07) is 7.19. The molecular formula is C19H27NO5. The molecule has 25 heavy (non-hydrogen) atoms. The molecule has 1 aromatic carbocycles. The van der Waals surface area contributed by atoms with Gasteiger partial charge in [-0.3, -0.25) is 9.59 Å². The lowest BCUT2D eigenvalue weighted by atomic mass is 10.1. The van der Waals surface area contributed by atoms with E-state index in [9.17, 15) is 9.59 Å². The molecule has 6 nitrogen and oxygen atoms in total. The molecule has 1 amide bonds. The summed E-state index contributed by atoms with van der Waals surface area (Å²) in [6.45, 7) is 6.30. The number of ether oxygens (including phenoxy) is 3. The number of benzene rings is 1. The van der Waals surface area contributed by atoms with Crippen LogP contribution < -0.4 is 4.74 Å². The van der Waals surface area contributed by atoms with Gasteiger partial charge in [0, 0.05) is 18.7 Å². The second kappa shape index (κ2) is 9.42. The highest BCUT2D eigenvalue weighted by Crippen LogP contribution is 2.17. The number of methoxy groups -OCH3 is 1. The minimum atomic E-state index is -0.331. The zero-order valence-electron chi connectivity index (χ0n) is 15.2. The molecule has 1 fully saturated rings. The predicted octanol–water partition coefficient (Wildman–Crippen LogP) is 2.52. The van der Waals surface area contributed by atoms with Gasteiger partial charge in [-0.15, -0.1) is 0 Å². The standard InChI is InChI=1S/C19H27NO5/c1-14(2)8-10-24-16-6-4-15(5-7-16)19(22)20-9-11-25-17(13-20)12-18(21)23-3/h4-7,14,17H,8-13H2,1-3H3/t17-/m1/s1. The van der Waals surface area contributed by atoms with Crippen LogP contribution in [-0.4, -0.2) is 56.3 Å². The Morgan fingerprint density at radius 3 is 2.64 bits per heavy atom. The van der Waals surface area contributed by atoms with Gasteiger partial charge in [-0.25, -0.2) is 0 Å². The SMILES string of the molecule is COC(=O)C[C@@H]1CN(C(=O)c2ccc(OCCC(C)C)cc2)CCO1. The van der Waals surface area contributed by atoms with Crippen molar-refractivity contribution in [3.8, 4) is 5.75 Å². The van der Waals surface area contributed by atoms with Crippen LogP contribution in [0.4, 0.5) is 0 Å². The molecule has 2 rings (SSSR count). The number of esters is 1. The van der Waals surface area contributed by atoms with Crippen LogP contribution in [0.1, 0.15) is 37.0 Å². The van der Waals surface area contributed by atoms with E-state index in [1.165, 1.54) is 7.11 Å². The van der Waals surface area contributed by atoms with Crippen LogP contribution >= 0.6 is 0 Å². The summed E-state index contributed by atoms with van der Waals surface area (Å²) in [5, 5.41) is 0. The summed E-state index contributed by atoms with van der Waals surface area (Å²) in [7, 11) is 1.35. The summed E-state index contributed by atoms with van der Waals surface area (Å²) >= 11 is 0. The van der Waals surface area contributed by atoms with Crippen LogP contribution in [0.15, 0.2) is 24.3 Å². The molecule has 0 bridgehead atoms. The van der Waals surface area contributed by atoms with E-state index < -0.39 is 0 Å². The third-order valence-corrected chi connectivity index (χ3v) is 4.11. The first-order chi connectivity index (χ1) is 12.0. The van der Waals surface area contributed by atoms with Crippen molar-refractivity contribution >= 4 is 11.9 Å². The molecule has 0 spiro atoms. The smallest absolute Gasteiger partial charge is 0.308 e. The van der Waals surface area contributed by atoms with Crippen LogP contribution in [0.3, 0.4) is 0 Å². The van der Waals surface area contributed by atoms with E-state index in [-0.39, 0.29) is 24.4 Å². The molecule has 138 valence electrons. The Kier molecular flexibility index (Phi) is 7.25. The average Bonchev–Trinajstić information content (AvgIpc) is 2.61. The summed E-state index contributed by atoms with van der Waals surface area (Å²) < 4.78 is 15.9. The van der Waals surface area contributed by atoms with Crippen LogP contribution in [0.2, 0.25) is 0 Å². The van der Waals surface area contributed by atoms with Crippen LogP contribution in [0, 0.1) is 5.92 Å². The third-order valence-electron chi connectivity index (χ3n) is 4.11. The summed E-state index contributed by atoms with van der Waals surface area (Å²) in [5.74, 6) is 0.969. The summed E-state index contributed by atoms with van der Waals surface area (Å²) in [4.78, 5) is 25.7. The maximum Gasteiger partial charge on any atom is 0.308 e. The third kappa shape index (κ3) is 6.05. The van der Waals surface area contributed by atoms with Gasteiger partial charge < -0.3 is 19.1 Å². The van der Waals surface area contributed by atoms with Gasteiger partial charge in [-0.1, -0.05) is 13.8 Å². The van der Waals surface area contributed by atoms with Crippen LogP contribution in [0.25, 0.3) is 0 Å². The average molecular weight is 349 g/mol. The van der Waals surface area contributed by atoms with Crippen molar-refractivity contribution in [2.45, 2.75) is 32.8 Å². The normalized spacial score (nSPS) is 17.4. The van der Waals surface area contributed by atoms with E-state index in [0.29, 0.717) is 37.8 Å². The molecule has 1 aliphatic rings. The van der Waals surface area contributed by atoms with Gasteiger partial charge in [0.2, 0.25) is 0 Å². The molecule has 0 N–H and O–H groups in total. The summed E-state index contributed by atoms with van der Waals surface area (Å²) in [5.41, 5.74) is 0.606. The van der Waals surface area contributed by atoms with Gasteiger partial charge in [0.15, 0.2) is 0 Å². The molecule has 0 radical (unpaired) electrons. The second-order valence-electron chi connectivity index (χ2n) is 6.58. The number of hydrogen-bond acceptors (Lipinski definition) is 5. The summed E-state index contributed by atoms with van der Waals surface area (Å²) in [6.07, 6.45) is 0.836. The Balaban J connectivity index is 1.89. The van der Waals surface area contributed by atoms with Gasteiger partial charge in [0.25, 0.3) is 5.91 Å². The number of rotatable bonds is 7. The maximum absolute atomic E-state index is 12.6. The van der Waals surface area contributed by atoms with E-state index in [0.717, 1.165) is 12.2 Å². The second-order valence-corrected chi connectivity index (χ2v) is 6.58. The van der Waals surface area contributed by atoms with E-state index in [2.05, 4.69) is 18.6 Å². The Bertz CT molecular complexity index is 570. The predicted molar refractivity (Wildman–Crippen MR) is 93.7 cm³/mol. The van der Waals surface area contributed by atoms with Gasteiger partial charge in [0.1, 0.15) is 5.75 Å². The lowest BCUT2D eigenvalue weighted by Gasteiger charge is -2.32. The van der Waals surface area contributed by atoms with Crippen molar-refractivity contribution in [3.63, 3.8) is 0 Å². The lowest BCUT2D eigenvalue weighted by Crippen LogP contribution is -2.46. The fraction of sp³-hybridized carbons (Fsp3) is 0.579. The first kappa shape index (κ1) is 19.2. The molecule has 1 atom stereocenters. The molecule has 0 aliphatic carbocycles. The Hall–Kier alpha value is -2.08. The molecule has 0 unspecified atom stereocenters. The zero-order valence-corrected chi connectivity index (χ0v) is 15.2. The van der Waals surface area contributed by atoms with E-state index in [1.54, 1.807) is 17.0 Å². The monoisotopic (exact) mass is 349 g/mol. The molecular weight excluding hydrogens is 322 g/mol. The molecule has 1 aromatic rings. The molecule has 0 saturated carbocycles. The Morgan fingerprint density at radius 1 is 1.28 bits per heavy atom. The number of carbonyl (C=O) groups is 2. The van der Waals surface area contributed by atoms with Gasteiger partial charge >= 0.3 is 5.97 Å². The van der Waals surface area contributed by atoms with Crippen LogP contribution in [0.5, 0.6) is 5.75 Å². The number of morpholine rings is 1. The molecule has 1 heterocycles. The fourth-order valence-electron chi connectivity index (χ4n) is 2.59. The lowest BCUT2D eigenvalue weighted by molar-refractivity contribution is -0.145. The largest absolute Gasteiger partial charge is 0.494 e. The minimum Gasteiger partial charge on any atom is -0.494 e. The van der Waals surface area contributed by atoms with Crippen molar-refractivity contribution in [2.24, 2.45) is 5.92 Å². The van der Waals surface area contributed by atoms with E-state index in [4.69, 9.17) is 9.47 Å². The van der Waals surface area contributed by atoms with Gasteiger partial charge in [0.05, 0.1) is 32.8 Å². The van der Waals surface area contributed by atoms with Crippen molar-refractivity contribution < 1.29 is 23.8 Å². The molecule has 1 saturated heterocycles. The number of carbonyl (C=O) groups excluding carboxylic acids is 2. The van der Waals surface area contributed by atoms with E-state index in [1.807, 2.05) is 12.1 Å². The van der Waals surface area contributed by atoms with Crippen LogP contribution in [-0.2, 0) is 14.3 Å². The van der Waals surface area contributed by atoms with E-state index >= 15 is 0 Å². The number of amides is 1. The fourth-order valence-corrected chi connectivity index (χ4v) is 2.59. The minimum absolute atomic E-state index is 0.0631. The van der Waals surface area contributed by atoms with Crippen molar-refractivity contribution in [3.05, 3.63) is 29.8 Å². The van der Waals surface area contributed by atoms with Gasteiger partial charge in [-0.05, 0) is 36.6 Å². The highest BCUT2D eigenvalue weighted by atomic mass is 16.5. The highest BCUT2D eigenvalue weighted by Gasteiger charge is 2.26. The molecule has 6 heteroatoms. The zero-order chi connectivity index (χ0) is 18.2. The quantitative estimate of drug-likeness (QED) is 0.708. The van der Waals surface area contributed by atoms with Gasteiger partial charge in [-0.2, -0.15) is 0 Å². The molecule has 1 aliphatic heterocycles. The first-order valence-corrected chi connectivity index (χ1v) is 8.70.